The van der Waals surface area contributed by atoms with E-state index in [2.05, 4.69) is 29.3 Å². The van der Waals surface area contributed by atoms with Gasteiger partial charge in [0.2, 0.25) is 0 Å². The van der Waals surface area contributed by atoms with Crippen LogP contribution in [0.4, 0.5) is 0 Å². The van der Waals surface area contributed by atoms with Crippen molar-refractivity contribution in [3.05, 3.63) is 23.8 Å². The Kier molecular flexibility index (Phi) is 4.43. The first-order chi connectivity index (χ1) is 9.86. The third-order valence-corrected chi connectivity index (χ3v) is 4.05. The van der Waals surface area contributed by atoms with Crippen LogP contribution in [0.5, 0.6) is 11.5 Å². The first-order valence-electron chi connectivity index (χ1n) is 7.70. The fourth-order valence-electron chi connectivity index (χ4n) is 3.05. The average Bonchev–Trinajstić information content (AvgIpc) is 3.01. The van der Waals surface area contributed by atoms with E-state index in [9.17, 15) is 0 Å². The molecule has 1 fully saturated rings. The Hall–Kier alpha value is -1.26. The van der Waals surface area contributed by atoms with Crippen LogP contribution in [-0.4, -0.2) is 43.8 Å². The van der Waals surface area contributed by atoms with Gasteiger partial charge in [-0.1, -0.05) is 13.0 Å². The van der Waals surface area contributed by atoms with Crippen molar-refractivity contribution >= 4 is 0 Å². The SMILES string of the molecule is CCCN(Cc1ccc2c(c1)OCCO2)C1CCNC1. The standard InChI is InChI=1S/C16H24N2O2/c1-2-7-18(14-5-6-17-11-14)12-13-3-4-15-16(10-13)20-9-8-19-15/h3-4,10,14,17H,2,5-9,11-12H2,1H3. The van der Waals surface area contributed by atoms with Crippen LogP contribution in [0.25, 0.3) is 0 Å². The molecular formula is C16H24N2O2. The van der Waals surface area contributed by atoms with Gasteiger partial charge in [0.15, 0.2) is 11.5 Å². The summed E-state index contributed by atoms with van der Waals surface area (Å²) in [5.74, 6) is 1.78. The van der Waals surface area contributed by atoms with Crippen LogP contribution in [0.2, 0.25) is 0 Å². The lowest BCUT2D eigenvalue weighted by molar-refractivity contribution is 0.170. The van der Waals surface area contributed by atoms with Gasteiger partial charge < -0.3 is 14.8 Å². The lowest BCUT2D eigenvalue weighted by Gasteiger charge is -2.28. The van der Waals surface area contributed by atoms with Crippen molar-refractivity contribution in [3.63, 3.8) is 0 Å². The van der Waals surface area contributed by atoms with E-state index in [1.807, 2.05) is 6.07 Å². The van der Waals surface area contributed by atoms with Gasteiger partial charge in [0.05, 0.1) is 0 Å². The number of hydrogen-bond acceptors (Lipinski definition) is 4. The number of ether oxygens (including phenoxy) is 2. The summed E-state index contributed by atoms with van der Waals surface area (Å²) in [6.07, 6.45) is 2.45. The van der Waals surface area contributed by atoms with Crippen molar-refractivity contribution in [3.8, 4) is 11.5 Å². The van der Waals surface area contributed by atoms with Crippen LogP contribution >= 0.6 is 0 Å². The zero-order valence-corrected chi connectivity index (χ0v) is 12.2. The van der Waals surface area contributed by atoms with E-state index in [4.69, 9.17) is 9.47 Å². The number of fused-ring (bicyclic) bond motifs is 1. The second-order valence-corrected chi connectivity index (χ2v) is 5.60. The molecule has 0 bridgehead atoms. The highest BCUT2D eigenvalue weighted by molar-refractivity contribution is 5.43. The molecule has 4 heteroatoms. The van der Waals surface area contributed by atoms with Crippen LogP contribution in [0, 0.1) is 0 Å². The highest BCUT2D eigenvalue weighted by Gasteiger charge is 2.22. The molecule has 20 heavy (non-hydrogen) atoms. The lowest BCUT2D eigenvalue weighted by Crippen LogP contribution is -2.36. The van der Waals surface area contributed by atoms with Crippen molar-refractivity contribution in [2.45, 2.75) is 32.4 Å². The minimum atomic E-state index is 0.654. The molecule has 0 saturated carbocycles. The monoisotopic (exact) mass is 276 g/mol. The molecule has 0 spiro atoms. The molecule has 0 aromatic heterocycles. The van der Waals surface area contributed by atoms with Crippen molar-refractivity contribution < 1.29 is 9.47 Å². The third kappa shape index (κ3) is 3.07. The van der Waals surface area contributed by atoms with E-state index in [1.165, 1.54) is 18.4 Å². The molecule has 110 valence electrons. The van der Waals surface area contributed by atoms with Crippen molar-refractivity contribution in [1.29, 1.82) is 0 Å². The number of rotatable bonds is 5. The maximum Gasteiger partial charge on any atom is 0.161 e. The minimum absolute atomic E-state index is 0.654. The Labute approximate surface area is 121 Å². The second-order valence-electron chi connectivity index (χ2n) is 5.60. The largest absolute Gasteiger partial charge is 0.486 e. The molecule has 4 nitrogen and oxygen atoms in total. The predicted molar refractivity (Wildman–Crippen MR) is 79.4 cm³/mol. The molecule has 1 aromatic rings. The summed E-state index contributed by atoms with van der Waals surface area (Å²) in [4.78, 5) is 2.59. The summed E-state index contributed by atoms with van der Waals surface area (Å²) in [6, 6.07) is 7.02. The molecular weight excluding hydrogens is 252 g/mol. The minimum Gasteiger partial charge on any atom is -0.486 e. The van der Waals surface area contributed by atoms with Crippen LogP contribution in [0.3, 0.4) is 0 Å². The van der Waals surface area contributed by atoms with Gasteiger partial charge >= 0.3 is 0 Å². The van der Waals surface area contributed by atoms with E-state index >= 15 is 0 Å². The summed E-state index contributed by atoms with van der Waals surface area (Å²) in [5, 5.41) is 3.46. The molecule has 2 aliphatic rings. The maximum absolute atomic E-state index is 5.68. The van der Waals surface area contributed by atoms with Crippen LogP contribution in [0.1, 0.15) is 25.3 Å². The number of nitrogens with one attached hydrogen (secondary N) is 1. The van der Waals surface area contributed by atoms with Gasteiger partial charge in [-0.3, -0.25) is 4.90 Å². The van der Waals surface area contributed by atoms with Gasteiger partial charge in [-0.2, -0.15) is 0 Å². The highest BCUT2D eigenvalue weighted by Crippen LogP contribution is 2.31. The summed E-state index contributed by atoms with van der Waals surface area (Å²) < 4.78 is 11.3. The summed E-state index contributed by atoms with van der Waals surface area (Å²) in [6.45, 7) is 7.97. The highest BCUT2D eigenvalue weighted by atomic mass is 16.6. The molecule has 3 rings (SSSR count). The molecule has 1 aromatic carbocycles. The van der Waals surface area contributed by atoms with Crippen LogP contribution in [-0.2, 0) is 6.54 Å². The average molecular weight is 276 g/mol. The van der Waals surface area contributed by atoms with Gasteiger partial charge in [0.25, 0.3) is 0 Å². The van der Waals surface area contributed by atoms with E-state index in [0.29, 0.717) is 19.3 Å². The Balaban J connectivity index is 1.70. The zero-order valence-electron chi connectivity index (χ0n) is 12.2. The van der Waals surface area contributed by atoms with Crippen LogP contribution in [0.15, 0.2) is 18.2 Å². The number of nitrogens with zero attached hydrogens (tertiary/aromatic N) is 1. The third-order valence-electron chi connectivity index (χ3n) is 4.05. The van der Waals surface area contributed by atoms with E-state index in [-0.39, 0.29) is 0 Å². The molecule has 1 unspecified atom stereocenters. The normalized spacial score (nSPS) is 21.4. The summed E-state index contributed by atoms with van der Waals surface area (Å²) in [7, 11) is 0. The Morgan fingerprint density at radius 3 is 2.85 bits per heavy atom. The summed E-state index contributed by atoms with van der Waals surface area (Å²) in [5.41, 5.74) is 1.31. The molecule has 0 aliphatic carbocycles. The van der Waals surface area contributed by atoms with Gasteiger partial charge in [0, 0.05) is 19.1 Å². The number of hydrogen-bond donors (Lipinski definition) is 1. The van der Waals surface area contributed by atoms with E-state index < -0.39 is 0 Å². The number of benzene rings is 1. The first kappa shape index (κ1) is 13.7. The molecule has 1 atom stereocenters. The van der Waals surface area contributed by atoms with Gasteiger partial charge in [-0.25, -0.2) is 0 Å². The fourth-order valence-corrected chi connectivity index (χ4v) is 3.05. The predicted octanol–water partition coefficient (Wildman–Crippen LogP) is 2.03. The Morgan fingerprint density at radius 2 is 2.10 bits per heavy atom. The Bertz CT molecular complexity index is 444. The van der Waals surface area contributed by atoms with Gasteiger partial charge in [-0.15, -0.1) is 0 Å². The molecule has 2 aliphatic heterocycles. The summed E-state index contributed by atoms with van der Waals surface area (Å²) >= 11 is 0. The lowest BCUT2D eigenvalue weighted by atomic mass is 10.1. The van der Waals surface area contributed by atoms with Crippen LogP contribution < -0.4 is 14.8 Å². The van der Waals surface area contributed by atoms with E-state index in [0.717, 1.165) is 37.7 Å². The van der Waals surface area contributed by atoms with E-state index in [1.54, 1.807) is 0 Å². The Morgan fingerprint density at radius 1 is 1.25 bits per heavy atom. The first-order valence-corrected chi connectivity index (χ1v) is 7.70. The second kappa shape index (κ2) is 6.46. The molecule has 1 N–H and O–H groups in total. The quantitative estimate of drug-likeness (QED) is 0.892. The smallest absolute Gasteiger partial charge is 0.161 e. The molecule has 0 radical (unpaired) electrons. The van der Waals surface area contributed by atoms with Crippen molar-refractivity contribution in [2.24, 2.45) is 0 Å². The van der Waals surface area contributed by atoms with Crippen molar-refractivity contribution in [1.82, 2.24) is 10.2 Å². The topological polar surface area (TPSA) is 33.7 Å². The maximum atomic E-state index is 5.68. The molecule has 0 amide bonds. The zero-order chi connectivity index (χ0) is 13.8. The van der Waals surface area contributed by atoms with Gasteiger partial charge in [-0.05, 0) is 43.6 Å². The fraction of sp³-hybridized carbons (Fsp3) is 0.625. The molecule has 2 heterocycles. The van der Waals surface area contributed by atoms with Gasteiger partial charge in [0.1, 0.15) is 13.2 Å². The molecule has 1 saturated heterocycles. The van der Waals surface area contributed by atoms with Crippen molar-refractivity contribution in [2.75, 3.05) is 32.8 Å².